The number of hydrogen-bond acceptors (Lipinski definition) is 2. The fourth-order valence-corrected chi connectivity index (χ4v) is 2.53. The number of aryl methyl sites for hydroxylation is 2. The van der Waals surface area contributed by atoms with E-state index in [2.05, 4.69) is 24.1 Å². The van der Waals surface area contributed by atoms with Crippen molar-refractivity contribution < 1.29 is 4.39 Å². The molecule has 1 N–H and O–H groups in total. The van der Waals surface area contributed by atoms with Crippen molar-refractivity contribution in [1.29, 1.82) is 0 Å². The Morgan fingerprint density at radius 2 is 2.00 bits per heavy atom. The third kappa shape index (κ3) is 4.11. The SMILES string of the molecule is CCCNC(Cc1cc(F)ccc1C)c1cnccc1C. The molecular weight excluding hydrogens is 263 g/mol. The Balaban J connectivity index is 2.28. The van der Waals surface area contributed by atoms with E-state index in [1.807, 2.05) is 31.5 Å². The van der Waals surface area contributed by atoms with Crippen molar-refractivity contribution in [1.82, 2.24) is 10.3 Å². The second kappa shape index (κ2) is 7.32. The molecule has 3 heteroatoms. The van der Waals surface area contributed by atoms with Gasteiger partial charge in [-0.05, 0) is 73.7 Å². The first-order valence-corrected chi connectivity index (χ1v) is 7.50. The summed E-state index contributed by atoms with van der Waals surface area (Å²) in [6.45, 7) is 7.21. The Hall–Kier alpha value is -1.74. The molecule has 2 rings (SSSR count). The molecular formula is C18H23FN2. The minimum Gasteiger partial charge on any atom is -0.310 e. The van der Waals surface area contributed by atoms with E-state index < -0.39 is 0 Å². The molecule has 1 aromatic heterocycles. The van der Waals surface area contributed by atoms with Crippen LogP contribution in [0.25, 0.3) is 0 Å². The van der Waals surface area contributed by atoms with Crippen LogP contribution in [0.15, 0.2) is 36.7 Å². The van der Waals surface area contributed by atoms with Gasteiger partial charge in [-0.15, -0.1) is 0 Å². The lowest BCUT2D eigenvalue weighted by molar-refractivity contribution is 0.522. The van der Waals surface area contributed by atoms with Gasteiger partial charge in [-0.3, -0.25) is 4.98 Å². The van der Waals surface area contributed by atoms with Gasteiger partial charge in [-0.1, -0.05) is 13.0 Å². The molecule has 21 heavy (non-hydrogen) atoms. The number of halogens is 1. The van der Waals surface area contributed by atoms with Crippen LogP contribution in [0.5, 0.6) is 0 Å². The summed E-state index contributed by atoms with van der Waals surface area (Å²) in [6, 6.07) is 7.19. The smallest absolute Gasteiger partial charge is 0.123 e. The molecule has 0 spiro atoms. The molecule has 0 fully saturated rings. The normalized spacial score (nSPS) is 12.4. The zero-order valence-corrected chi connectivity index (χ0v) is 13.0. The second-order valence-electron chi connectivity index (χ2n) is 5.51. The van der Waals surface area contributed by atoms with Crippen LogP contribution in [0.1, 0.15) is 41.6 Å². The quantitative estimate of drug-likeness (QED) is 0.864. The molecule has 0 aliphatic carbocycles. The van der Waals surface area contributed by atoms with Crippen molar-refractivity contribution in [2.24, 2.45) is 0 Å². The maximum Gasteiger partial charge on any atom is 0.123 e. The standard InChI is InChI=1S/C18H23FN2/c1-4-8-21-18(17-12-20-9-7-14(17)3)11-15-10-16(19)6-5-13(15)2/h5-7,9-10,12,18,21H,4,8,11H2,1-3H3. The van der Waals surface area contributed by atoms with Crippen LogP contribution in [0.3, 0.4) is 0 Å². The molecule has 1 heterocycles. The molecule has 2 nitrogen and oxygen atoms in total. The molecule has 2 aromatic rings. The predicted octanol–water partition coefficient (Wildman–Crippen LogP) is 4.12. The highest BCUT2D eigenvalue weighted by Gasteiger charge is 2.15. The molecule has 0 radical (unpaired) electrons. The minimum atomic E-state index is -0.173. The van der Waals surface area contributed by atoms with Gasteiger partial charge in [0.15, 0.2) is 0 Å². The number of aromatic nitrogens is 1. The van der Waals surface area contributed by atoms with Gasteiger partial charge in [0.2, 0.25) is 0 Å². The minimum absolute atomic E-state index is 0.166. The van der Waals surface area contributed by atoms with E-state index in [4.69, 9.17) is 0 Å². The number of rotatable bonds is 6. The van der Waals surface area contributed by atoms with Gasteiger partial charge in [0.1, 0.15) is 5.82 Å². The predicted molar refractivity (Wildman–Crippen MR) is 84.8 cm³/mol. The van der Waals surface area contributed by atoms with Crippen molar-refractivity contribution >= 4 is 0 Å². The molecule has 0 aliphatic heterocycles. The lowest BCUT2D eigenvalue weighted by atomic mass is 9.94. The fraction of sp³-hybridized carbons (Fsp3) is 0.389. The highest BCUT2D eigenvalue weighted by atomic mass is 19.1. The third-order valence-corrected chi connectivity index (χ3v) is 3.83. The Labute approximate surface area is 126 Å². The zero-order chi connectivity index (χ0) is 15.2. The van der Waals surface area contributed by atoms with Crippen LogP contribution in [-0.4, -0.2) is 11.5 Å². The van der Waals surface area contributed by atoms with E-state index in [-0.39, 0.29) is 11.9 Å². The first kappa shape index (κ1) is 15.6. The van der Waals surface area contributed by atoms with Gasteiger partial charge in [0.05, 0.1) is 0 Å². The van der Waals surface area contributed by atoms with E-state index in [1.165, 1.54) is 17.2 Å². The summed E-state index contributed by atoms with van der Waals surface area (Å²) in [7, 11) is 0. The lowest BCUT2D eigenvalue weighted by Crippen LogP contribution is -2.25. The van der Waals surface area contributed by atoms with Crippen molar-refractivity contribution in [3.8, 4) is 0 Å². The van der Waals surface area contributed by atoms with E-state index in [9.17, 15) is 4.39 Å². The highest BCUT2D eigenvalue weighted by Crippen LogP contribution is 2.23. The van der Waals surface area contributed by atoms with Gasteiger partial charge in [0.25, 0.3) is 0 Å². The fourth-order valence-electron chi connectivity index (χ4n) is 2.53. The van der Waals surface area contributed by atoms with E-state index in [0.29, 0.717) is 0 Å². The van der Waals surface area contributed by atoms with Crippen molar-refractivity contribution in [3.05, 3.63) is 64.7 Å². The summed E-state index contributed by atoms with van der Waals surface area (Å²) in [5.74, 6) is -0.173. The van der Waals surface area contributed by atoms with Gasteiger partial charge >= 0.3 is 0 Å². The number of pyridine rings is 1. The largest absolute Gasteiger partial charge is 0.310 e. The number of nitrogens with zero attached hydrogens (tertiary/aromatic N) is 1. The van der Waals surface area contributed by atoms with E-state index in [1.54, 1.807) is 6.07 Å². The average Bonchev–Trinajstić information content (AvgIpc) is 2.48. The third-order valence-electron chi connectivity index (χ3n) is 3.83. The molecule has 0 saturated heterocycles. The highest BCUT2D eigenvalue weighted by molar-refractivity contribution is 5.31. The van der Waals surface area contributed by atoms with Crippen molar-refractivity contribution in [2.45, 2.75) is 39.7 Å². The second-order valence-corrected chi connectivity index (χ2v) is 5.51. The summed E-state index contributed by atoms with van der Waals surface area (Å²) in [5, 5.41) is 3.56. The lowest BCUT2D eigenvalue weighted by Gasteiger charge is -2.21. The van der Waals surface area contributed by atoms with Gasteiger partial charge in [-0.25, -0.2) is 4.39 Å². The Morgan fingerprint density at radius 1 is 1.19 bits per heavy atom. The summed E-state index contributed by atoms with van der Waals surface area (Å²) in [6.07, 6.45) is 5.56. The topological polar surface area (TPSA) is 24.9 Å². The molecule has 112 valence electrons. The van der Waals surface area contributed by atoms with Crippen LogP contribution < -0.4 is 5.32 Å². The summed E-state index contributed by atoms with van der Waals surface area (Å²) in [5.41, 5.74) is 4.58. The summed E-state index contributed by atoms with van der Waals surface area (Å²) >= 11 is 0. The number of nitrogens with one attached hydrogen (secondary N) is 1. The maximum atomic E-state index is 13.5. The van der Waals surface area contributed by atoms with E-state index in [0.717, 1.165) is 30.5 Å². The Bertz CT molecular complexity index is 596. The summed E-state index contributed by atoms with van der Waals surface area (Å²) < 4.78 is 13.5. The molecule has 1 aromatic carbocycles. The van der Waals surface area contributed by atoms with Gasteiger partial charge in [0, 0.05) is 18.4 Å². The monoisotopic (exact) mass is 286 g/mol. The van der Waals surface area contributed by atoms with Crippen molar-refractivity contribution in [2.75, 3.05) is 6.54 Å². The van der Waals surface area contributed by atoms with Gasteiger partial charge < -0.3 is 5.32 Å². The van der Waals surface area contributed by atoms with Gasteiger partial charge in [-0.2, -0.15) is 0 Å². The molecule has 0 bridgehead atoms. The molecule has 1 unspecified atom stereocenters. The maximum absolute atomic E-state index is 13.5. The summed E-state index contributed by atoms with van der Waals surface area (Å²) in [4.78, 5) is 4.24. The van der Waals surface area contributed by atoms with E-state index >= 15 is 0 Å². The first-order valence-electron chi connectivity index (χ1n) is 7.50. The van der Waals surface area contributed by atoms with Crippen LogP contribution in [0.4, 0.5) is 4.39 Å². The average molecular weight is 286 g/mol. The van der Waals surface area contributed by atoms with Crippen LogP contribution in [0.2, 0.25) is 0 Å². The van der Waals surface area contributed by atoms with Crippen LogP contribution in [0, 0.1) is 19.7 Å². The molecule has 0 saturated carbocycles. The first-order chi connectivity index (χ1) is 10.1. The van der Waals surface area contributed by atoms with Crippen molar-refractivity contribution in [3.63, 3.8) is 0 Å². The van der Waals surface area contributed by atoms with Crippen LogP contribution in [-0.2, 0) is 6.42 Å². The number of hydrogen-bond donors (Lipinski definition) is 1. The zero-order valence-electron chi connectivity index (χ0n) is 13.0. The number of benzene rings is 1. The molecule has 0 amide bonds. The van der Waals surface area contributed by atoms with Crippen LogP contribution >= 0.6 is 0 Å². The Kier molecular flexibility index (Phi) is 5.45. The molecule has 0 aliphatic rings. The molecule has 1 atom stereocenters. The Morgan fingerprint density at radius 3 is 2.71 bits per heavy atom.